The van der Waals surface area contributed by atoms with Crippen molar-refractivity contribution in [2.45, 2.75) is 27.1 Å². The number of hydrogen-bond donors (Lipinski definition) is 1. The molecule has 1 amide bonds. The van der Waals surface area contributed by atoms with Crippen molar-refractivity contribution in [3.8, 4) is 5.75 Å². The Kier molecular flexibility index (Phi) is 8.42. The quantitative estimate of drug-likeness (QED) is 0.478. The fourth-order valence-corrected chi connectivity index (χ4v) is 2.83. The molecule has 166 valence electrons. The third-order valence-electron chi connectivity index (χ3n) is 4.25. The molecule has 1 N–H and O–H groups in total. The summed E-state index contributed by atoms with van der Waals surface area (Å²) in [6.07, 6.45) is 0. The van der Waals surface area contributed by atoms with Crippen molar-refractivity contribution in [2.24, 2.45) is 10.3 Å². The number of benzene rings is 2. The zero-order valence-electron chi connectivity index (χ0n) is 17.4. The van der Waals surface area contributed by atoms with Gasteiger partial charge in [0, 0.05) is 18.2 Å². The standard InChI is InChI=1S/C21H22F3N3O4/c1-12-7-5-8-14(19(27-29-4)20(28)25-3)15(12)11-30-26-13(2)18-16(22)9-6-10-17(18)31-21(23)24/h5-10,21H,11H2,1-4H3,(H,25,28)/b26-13+,27-19+. The van der Waals surface area contributed by atoms with Crippen molar-refractivity contribution in [3.63, 3.8) is 0 Å². The van der Waals surface area contributed by atoms with Crippen LogP contribution in [0.15, 0.2) is 46.7 Å². The van der Waals surface area contributed by atoms with Crippen molar-refractivity contribution in [2.75, 3.05) is 14.2 Å². The first-order valence-corrected chi connectivity index (χ1v) is 9.12. The molecule has 2 rings (SSSR count). The van der Waals surface area contributed by atoms with Crippen LogP contribution in [0.4, 0.5) is 13.2 Å². The van der Waals surface area contributed by atoms with Crippen molar-refractivity contribution < 1.29 is 32.4 Å². The van der Waals surface area contributed by atoms with Gasteiger partial charge in [-0.05, 0) is 31.5 Å². The predicted molar refractivity (Wildman–Crippen MR) is 109 cm³/mol. The number of amides is 1. The van der Waals surface area contributed by atoms with E-state index in [0.29, 0.717) is 11.1 Å². The minimum absolute atomic E-state index is 0.000896. The third-order valence-corrected chi connectivity index (χ3v) is 4.25. The second-order valence-corrected chi connectivity index (χ2v) is 6.24. The number of aryl methyl sites for hydroxylation is 1. The molecule has 7 nitrogen and oxygen atoms in total. The van der Waals surface area contributed by atoms with Crippen molar-refractivity contribution in [3.05, 3.63) is 64.5 Å². The third kappa shape index (κ3) is 5.97. The number of nitrogens with zero attached hydrogens (tertiary/aromatic N) is 2. The van der Waals surface area contributed by atoms with Crippen LogP contribution in [0.25, 0.3) is 0 Å². The molecule has 0 spiro atoms. The lowest BCUT2D eigenvalue weighted by Gasteiger charge is -2.14. The predicted octanol–water partition coefficient (Wildman–Crippen LogP) is 3.77. The van der Waals surface area contributed by atoms with Gasteiger partial charge < -0.3 is 19.7 Å². The van der Waals surface area contributed by atoms with E-state index in [1.54, 1.807) is 25.1 Å². The molecule has 0 saturated heterocycles. The van der Waals surface area contributed by atoms with E-state index in [0.717, 1.165) is 11.6 Å². The van der Waals surface area contributed by atoms with Gasteiger partial charge in [-0.3, -0.25) is 4.79 Å². The number of carbonyl (C=O) groups is 1. The summed E-state index contributed by atoms with van der Waals surface area (Å²) in [6.45, 7) is -0.0125. The van der Waals surface area contributed by atoms with E-state index in [1.165, 1.54) is 33.2 Å². The zero-order chi connectivity index (χ0) is 23.0. The Hall–Kier alpha value is -3.56. The van der Waals surface area contributed by atoms with Gasteiger partial charge in [-0.2, -0.15) is 8.78 Å². The van der Waals surface area contributed by atoms with Gasteiger partial charge in [0.1, 0.15) is 25.3 Å². The van der Waals surface area contributed by atoms with Crippen LogP contribution in [-0.2, 0) is 21.1 Å². The van der Waals surface area contributed by atoms with Crippen molar-refractivity contribution in [1.29, 1.82) is 0 Å². The van der Waals surface area contributed by atoms with E-state index in [1.807, 2.05) is 0 Å². The molecule has 0 aromatic heterocycles. The summed E-state index contributed by atoms with van der Waals surface area (Å²) in [7, 11) is 2.77. The molecule has 2 aromatic carbocycles. The maximum atomic E-state index is 14.2. The van der Waals surface area contributed by atoms with E-state index in [4.69, 9.17) is 9.68 Å². The molecule has 0 atom stereocenters. The van der Waals surface area contributed by atoms with E-state index in [2.05, 4.69) is 20.4 Å². The minimum Gasteiger partial charge on any atom is -0.434 e. The molecule has 0 fully saturated rings. The first kappa shape index (κ1) is 23.7. The van der Waals surface area contributed by atoms with Gasteiger partial charge >= 0.3 is 6.61 Å². The average molecular weight is 437 g/mol. The summed E-state index contributed by atoms with van der Waals surface area (Å²) in [5.74, 6) is -1.60. The molecular formula is C21H22F3N3O4. The summed E-state index contributed by atoms with van der Waals surface area (Å²) >= 11 is 0. The lowest BCUT2D eigenvalue weighted by Crippen LogP contribution is -2.29. The molecule has 0 saturated carbocycles. The molecule has 31 heavy (non-hydrogen) atoms. The van der Waals surface area contributed by atoms with Crippen LogP contribution in [0, 0.1) is 12.7 Å². The van der Waals surface area contributed by atoms with Crippen LogP contribution in [0.5, 0.6) is 5.75 Å². The van der Waals surface area contributed by atoms with Crippen LogP contribution in [0.1, 0.15) is 29.2 Å². The summed E-state index contributed by atoms with van der Waals surface area (Å²) in [4.78, 5) is 22.3. The molecule has 10 heteroatoms. The fraction of sp³-hybridized carbons (Fsp3) is 0.286. The Balaban J connectivity index is 2.34. The molecule has 0 aliphatic rings. The SMILES string of the molecule is CNC(=O)/C(=N/OC)c1cccc(C)c1CO/N=C(\C)c1c(F)cccc1OC(F)F. The number of rotatable bonds is 9. The minimum atomic E-state index is -3.12. The van der Waals surface area contributed by atoms with Gasteiger partial charge in [0.05, 0.1) is 11.3 Å². The fourth-order valence-electron chi connectivity index (χ4n) is 2.83. The number of oxime groups is 2. The zero-order valence-corrected chi connectivity index (χ0v) is 17.4. The molecule has 0 heterocycles. The van der Waals surface area contributed by atoms with Gasteiger partial charge in [-0.15, -0.1) is 0 Å². The number of hydrogen-bond acceptors (Lipinski definition) is 6. The summed E-state index contributed by atoms with van der Waals surface area (Å²) in [5.41, 5.74) is 1.64. The van der Waals surface area contributed by atoms with Crippen molar-refractivity contribution >= 4 is 17.3 Å². The number of nitrogens with one attached hydrogen (secondary N) is 1. The normalized spacial score (nSPS) is 12.0. The van der Waals surface area contributed by atoms with E-state index >= 15 is 0 Å². The first-order chi connectivity index (χ1) is 14.8. The highest BCUT2D eigenvalue weighted by atomic mass is 19.3. The molecule has 0 bridgehead atoms. The van der Waals surface area contributed by atoms with Gasteiger partial charge in [0.2, 0.25) is 0 Å². The van der Waals surface area contributed by atoms with Crippen LogP contribution in [-0.4, -0.2) is 38.1 Å². The highest BCUT2D eigenvalue weighted by Gasteiger charge is 2.20. The lowest BCUT2D eigenvalue weighted by molar-refractivity contribution is -0.114. The Morgan fingerprint density at radius 2 is 1.87 bits per heavy atom. The van der Waals surface area contributed by atoms with Gasteiger partial charge in [0.15, 0.2) is 5.71 Å². The second kappa shape index (κ2) is 11.0. The molecular weight excluding hydrogens is 415 g/mol. The van der Waals surface area contributed by atoms with E-state index < -0.39 is 18.3 Å². The van der Waals surface area contributed by atoms with Gasteiger partial charge in [0.25, 0.3) is 5.91 Å². The number of likely N-dealkylation sites (N-methyl/N-ethyl adjacent to an activating group) is 1. The Bertz CT molecular complexity index is 994. The highest BCUT2D eigenvalue weighted by Crippen LogP contribution is 2.25. The smallest absolute Gasteiger partial charge is 0.387 e. The average Bonchev–Trinajstić information content (AvgIpc) is 2.72. The first-order valence-electron chi connectivity index (χ1n) is 9.12. The monoisotopic (exact) mass is 437 g/mol. The number of ether oxygens (including phenoxy) is 1. The molecule has 0 aliphatic carbocycles. The Labute approximate surface area is 177 Å². The van der Waals surface area contributed by atoms with Crippen LogP contribution in [0.3, 0.4) is 0 Å². The number of alkyl halides is 2. The highest BCUT2D eigenvalue weighted by molar-refractivity contribution is 6.45. The van der Waals surface area contributed by atoms with Crippen LogP contribution >= 0.6 is 0 Å². The second-order valence-electron chi connectivity index (χ2n) is 6.24. The molecule has 0 unspecified atom stereocenters. The molecule has 0 aliphatic heterocycles. The maximum Gasteiger partial charge on any atom is 0.387 e. The van der Waals surface area contributed by atoms with Crippen LogP contribution in [0.2, 0.25) is 0 Å². The lowest BCUT2D eigenvalue weighted by atomic mass is 9.98. The summed E-state index contributed by atoms with van der Waals surface area (Å²) < 4.78 is 43.8. The van der Waals surface area contributed by atoms with Crippen LogP contribution < -0.4 is 10.1 Å². The summed E-state index contributed by atoms with van der Waals surface area (Å²) in [5, 5.41) is 10.1. The van der Waals surface area contributed by atoms with Gasteiger partial charge in [-0.1, -0.05) is 34.6 Å². The number of halogens is 3. The Morgan fingerprint density at radius 1 is 1.16 bits per heavy atom. The molecule has 2 aromatic rings. The summed E-state index contributed by atoms with van der Waals surface area (Å²) in [6, 6.07) is 8.77. The largest absolute Gasteiger partial charge is 0.434 e. The Morgan fingerprint density at radius 3 is 2.52 bits per heavy atom. The molecule has 0 radical (unpaired) electrons. The topological polar surface area (TPSA) is 81.5 Å². The number of carbonyl (C=O) groups excluding carboxylic acids is 1. The van der Waals surface area contributed by atoms with E-state index in [9.17, 15) is 18.0 Å². The van der Waals surface area contributed by atoms with Gasteiger partial charge in [-0.25, -0.2) is 4.39 Å². The van der Waals surface area contributed by atoms with E-state index in [-0.39, 0.29) is 29.3 Å². The van der Waals surface area contributed by atoms with Crippen molar-refractivity contribution in [1.82, 2.24) is 5.32 Å². The maximum absolute atomic E-state index is 14.2.